The predicted octanol–water partition coefficient (Wildman–Crippen LogP) is 3.47. The Hall–Kier alpha value is -2.96. The van der Waals surface area contributed by atoms with Gasteiger partial charge in [0.15, 0.2) is 6.10 Å². The van der Waals surface area contributed by atoms with Crippen molar-refractivity contribution < 1.29 is 27.8 Å². The number of nitrogens with one attached hydrogen (secondary N) is 1. The van der Waals surface area contributed by atoms with E-state index in [2.05, 4.69) is 5.32 Å². The van der Waals surface area contributed by atoms with Gasteiger partial charge < -0.3 is 14.8 Å². The first kappa shape index (κ1) is 18.4. The average molecular weight is 349 g/mol. The SMILES string of the molecule is COc1cc(C(=O)O[C@H](C)C(=O)Nc2cc(F)ccc2F)ccc1C. The molecule has 0 unspecified atom stereocenters. The van der Waals surface area contributed by atoms with Gasteiger partial charge in [-0.05, 0) is 43.7 Å². The van der Waals surface area contributed by atoms with E-state index >= 15 is 0 Å². The maximum Gasteiger partial charge on any atom is 0.339 e. The van der Waals surface area contributed by atoms with Crippen LogP contribution in [0.4, 0.5) is 14.5 Å². The molecule has 2 aromatic rings. The van der Waals surface area contributed by atoms with Crippen molar-refractivity contribution in [2.45, 2.75) is 20.0 Å². The van der Waals surface area contributed by atoms with Gasteiger partial charge in [0.25, 0.3) is 5.91 Å². The molecule has 5 nitrogen and oxygen atoms in total. The molecule has 2 aromatic carbocycles. The molecule has 132 valence electrons. The van der Waals surface area contributed by atoms with Crippen molar-refractivity contribution in [1.82, 2.24) is 0 Å². The summed E-state index contributed by atoms with van der Waals surface area (Å²) in [7, 11) is 1.47. The summed E-state index contributed by atoms with van der Waals surface area (Å²) >= 11 is 0. The van der Waals surface area contributed by atoms with E-state index in [-0.39, 0.29) is 11.3 Å². The standard InChI is InChI=1S/C18H17F2NO4/c1-10-4-5-12(8-16(10)24-3)18(23)25-11(2)17(22)21-15-9-13(19)6-7-14(15)20/h4-9,11H,1-3H3,(H,21,22)/t11-/m1/s1. The summed E-state index contributed by atoms with van der Waals surface area (Å²) in [5, 5.41) is 2.18. The smallest absolute Gasteiger partial charge is 0.339 e. The lowest BCUT2D eigenvalue weighted by Gasteiger charge is -2.14. The Kier molecular flexibility index (Phi) is 5.69. The van der Waals surface area contributed by atoms with Crippen LogP contribution < -0.4 is 10.1 Å². The van der Waals surface area contributed by atoms with Crippen LogP contribution in [0.25, 0.3) is 0 Å². The second-order valence-electron chi connectivity index (χ2n) is 5.35. The molecule has 1 atom stereocenters. The van der Waals surface area contributed by atoms with Crippen molar-refractivity contribution in [3.63, 3.8) is 0 Å². The van der Waals surface area contributed by atoms with Gasteiger partial charge >= 0.3 is 5.97 Å². The van der Waals surface area contributed by atoms with Crippen LogP contribution in [-0.4, -0.2) is 25.1 Å². The van der Waals surface area contributed by atoms with Gasteiger partial charge in [-0.15, -0.1) is 0 Å². The van der Waals surface area contributed by atoms with Crippen molar-refractivity contribution in [1.29, 1.82) is 0 Å². The predicted molar refractivity (Wildman–Crippen MR) is 87.6 cm³/mol. The van der Waals surface area contributed by atoms with Crippen LogP contribution in [0.5, 0.6) is 5.75 Å². The normalized spacial score (nSPS) is 11.6. The van der Waals surface area contributed by atoms with E-state index in [0.29, 0.717) is 5.75 Å². The summed E-state index contributed by atoms with van der Waals surface area (Å²) in [6, 6.07) is 7.37. The van der Waals surface area contributed by atoms with Crippen LogP contribution in [0.15, 0.2) is 36.4 Å². The number of hydrogen-bond donors (Lipinski definition) is 1. The average Bonchev–Trinajstić information content (AvgIpc) is 2.58. The third-order valence-electron chi connectivity index (χ3n) is 3.48. The monoisotopic (exact) mass is 349 g/mol. The second-order valence-corrected chi connectivity index (χ2v) is 5.35. The number of esters is 1. The van der Waals surface area contributed by atoms with Gasteiger partial charge in [-0.3, -0.25) is 4.79 Å². The van der Waals surface area contributed by atoms with E-state index in [1.807, 2.05) is 6.92 Å². The molecule has 0 aromatic heterocycles. The Morgan fingerprint density at radius 1 is 1.12 bits per heavy atom. The number of anilines is 1. The van der Waals surface area contributed by atoms with Gasteiger partial charge in [0.2, 0.25) is 0 Å². The van der Waals surface area contributed by atoms with Crippen LogP contribution in [-0.2, 0) is 9.53 Å². The largest absolute Gasteiger partial charge is 0.496 e. The number of rotatable bonds is 5. The third-order valence-corrected chi connectivity index (χ3v) is 3.48. The molecule has 0 saturated heterocycles. The van der Waals surface area contributed by atoms with Crippen molar-refractivity contribution in [3.05, 3.63) is 59.2 Å². The molecule has 0 bridgehead atoms. The summed E-state index contributed by atoms with van der Waals surface area (Å²) in [5.74, 6) is -2.50. The Bertz CT molecular complexity index is 808. The number of aryl methyl sites for hydroxylation is 1. The molecule has 2 rings (SSSR count). The highest BCUT2D eigenvalue weighted by atomic mass is 19.1. The topological polar surface area (TPSA) is 64.6 Å². The first-order chi connectivity index (χ1) is 11.8. The highest BCUT2D eigenvalue weighted by Crippen LogP contribution is 2.20. The van der Waals surface area contributed by atoms with Crippen molar-refractivity contribution in [2.24, 2.45) is 0 Å². The third kappa shape index (κ3) is 4.53. The lowest BCUT2D eigenvalue weighted by atomic mass is 10.1. The summed E-state index contributed by atoms with van der Waals surface area (Å²) in [6.45, 7) is 3.15. The quantitative estimate of drug-likeness (QED) is 0.840. The Morgan fingerprint density at radius 3 is 2.52 bits per heavy atom. The molecule has 0 aliphatic carbocycles. The highest BCUT2D eigenvalue weighted by molar-refractivity contribution is 5.97. The minimum Gasteiger partial charge on any atom is -0.496 e. The maximum absolute atomic E-state index is 13.5. The first-order valence-electron chi connectivity index (χ1n) is 7.43. The van der Waals surface area contributed by atoms with Crippen LogP contribution in [0.1, 0.15) is 22.8 Å². The Labute approximate surface area is 143 Å². The Balaban J connectivity index is 2.05. The van der Waals surface area contributed by atoms with E-state index < -0.39 is 29.6 Å². The molecule has 0 radical (unpaired) electrons. The number of carbonyl (C=O) groups is 2. The van der Waals surface area contributed by atoms with Gasteiger partial charge in [0.1, 0.15) is 17.4 Å². The van der Waals surface area contributed by atoms with E-state index in [0.717, 1.165) is 23.8 Å². The molecular weight excluding hydrogens is 332 g/mol. The van der Waals surface area contributed by atoms with Crippen molar-refractivity contribution in [2.75, 3.05) is 12.4 Å². The lowest BCUT2D eigenvalue weighted by molar-refractivity contribution is -0.123. The molecule has 0 aliphatic rings. The van der Waals surface area contributed by atoms with Gasteiger partial charge in [0.05, 0.1) is 18.4 Å². The molecule has 0 spiro atoms. The lowest BCUT2D eigenvalue weighted by Crippen LogP contribution is -2.30. The number of amides is 1. The Morgan fingerprint density at radius 2 is 1.84 bits per heavy atom. The van der Waals surface area contributed by atoms with Gasteiger partial charge in [-0.1, -0.05) is 6.07 Å². The molecular formula is C18H17F2NO4. The minimum absolute atomic E-state index is 0.207. The van der Waals surface area contributed by atoms with Crippen LogP contribution in [0.3, 0.4) is 0 Å². The van der Waals surface area contributed by atoms with Gasteiger partial charge in [0, 0.05) is 6.07 Å². The summed E-state index contributed by atoms with van der Waals surface area (Å²) in [6.07, 6.45) is -1.21. The zero-order valence-electron chi connectivity index (χ0n) is 13.9. The van der Waals surface area contributed by atoms with Gasteiger partial charge in [-0.2, -0.15) is 0 Å². The first-order valence-corrected chi connectivity index (χ1v) is 7.43. The highest BCUT2D eigenvalue weighted by Gasteiger charge is 2.21. The fourth-order valence-corrected chi connectivity index (χ4v) is 2.06. The molecule has 0 heterocycles. The molecule has 0 aliphatic heterocycles. The van der Waals surface area contributed by atoms with E-state index in [1.165, 1.54) is 26.2 Å². The van der Waals surface area contributed by atoms with Crippen LogP contribution in [0, 0.1) is 18.6 Å². The fraction of sp³-hybridized carbons (Fsp3) is 0.222. The number of ether oxygens (including phenoxy) is 2. The van der Waals surface area contributed by atoms with Crippen molar-refractivity contribution >= 4 is 17.6 Å². The number of halogens is 2. The van der Waals surface area contributed by atoms with E-state index in [4.69, 9.17) is 9.47 Å². The van der Waals surface area contributed by atoms with Crippen LogP contribution >= 0.6 is 0 Å². The molecule has 25 heavy (non-hydrogen) atoms. The summed E-state index contributed by atoms with van der Waals surface area (Å²) < 4.78 is 36.8. The number of carbonyl (C=O) groups excluding carboxylic acids is 2. The van der Waals surface area contributed by atoms with Crippen molar-refractivity contribution in [3.8, 4) is 5.75 Å². The second kappa shape index (κ2) is 7.74. The molecule has 1 amide bonds. The number of hydrogen-bond acceptors (Lipinski definition) is 4. The zero-order chi connectivity index (χ0) is 18.6. The molecule has 0 fully saturated rings. The summed E-state index contributed by atoms with van der Waals surface area (Å²) in [5.41, 5.74) is 0.718. The molecule has 1 N–H and O–H groups in total. The minimum atomic E-state index is -1.21. The number of methoxy groups -OCH3 is 1. The van der Waals surface area contributed by atoms with Gasteiger partial charge in [-0.25, -0.2) is 13.6 Å². The maximum atomic E-state index is 13.5. The van der Waals surface area contributed by atoms with Crippen LogP contribution in [0.2, 0.25) is 0 Å². The van der Waals surface area contributed by atoms with E-state index in [9.17, 15) is 18.4 Å². The summed E-state index contributed by atoms with van der Waals surface area (Å²) in [4.78, 5) is 24.1. The fourth-order valence-electron chi connectivity index (χ4n) is 2.06. The number of benzene rings is 2. The molecule has 7 heteroatoms. The zero-order valence-corrected chi connectivity index (χ0v) is 13.9. The molecule has 0 saturated carbocycles. The van der Waals surface area contributed by atoms with E-state index in [1.54, 1.807) is 6.07 Å².